The Kier molecular flexibility index (Phi) is 4.33. The van der Waals surface area contributed by atoms with Crippen molar-refractivity contribution in [2.75, 3.05) is 32.6 Å². The molecule has 1 amide bonds. The maximum atomic E-state index is 11.8. The lowest BCUT2D eigenvalue weighted by atomic mass is 10.3. The van der Waals surface area contributed by atoms with Gasteiger partial charge in [-0.25, -0.2) is 14.6 Å². The van der Waals surface area contributed by atoms with Gasteiger partial charge >= 0.3 is 0 Å². The van der Waals surface area contributed by atoms with Crippen LogP contribution in [0.3, 0.4) is 0 Å². The second-order valence-electron chi connectivity index (χ2n) is 4.85. The van der Waals surface area contributed by atoms with E-state index < -0.39 is 0 Å². The van der Waals surface area contributed by atoms with Crippen molar-refractivity contribution in [1.82, 2.24) is 24.6 Å². The van der Waals surface area contributed by atoms with Gasteiger partial charge in [0, 0.05) is 21.1 Å². The molecule has 0 atom stereocenters. The predicted molar refractivity (Wildman–Crippen MR) is 77.5 cm³/mol. The van der Waals surface area contributed by atoms with Gasteiger partial charge in [0.15, 0.2) is 5.65 Å². The number of hydrogen-bond acceptors (Lipinski definition) is 6. The number of hydrogen-bond donors (Lipinski definition) is 0. The van der Waals surface area contributed by atoms with Gasteiger partial charge in [0.2, 0.25) is 5.91 Å². The fraction of sp³-hybridized carbons (Fsp3) is 0.462. The SMILES string of the molecule is CN(C)C(=O)CN(C)c1ncnc2c1cnn2CCC#N. The summed E-state index contributed by atoms with van der Waals surface area (Å²) >= 11 is 0. The van der Waals surface area contributed by atoms with Crippen molar-refractivity contribution >= 4 is 22.8 Å². The summed E-state index contributed by atoms with van der Waals surface area (Å²) in [5, 5.41) is 13.7. The van der Waals surface area contributed by atoms with Gasteiger partial charge in [0.25, 0.3) is 0 Å². The monoisotopic (exact) mass is 287 g/mol. The number of nitrogens with zero attached hydrogens (tertiary/aromatic N) is 7. The molecule has 0 spiro atoms. The standard InChI is InChI=1S/C13H17N7O/c1-18(2)11(21)8-19(3)12-10-7-17-20(6-4-5-14)13(10)16-9-15-12/h7,9H,4,6,8H2,1-3H3. The van der Waals surface area contributed by atoms with E-state index in [0.717, 1.165) is 5.39 Å². The lowest BCUT2D eigenvalue weighted by Gasteiger charge is -2.20. The molecule has 0 aromatic carbocycles. The fourth-order valence-corrected chi connectivity index (χ4v) is 1.92. The van der Waals surface area contributed by atoms with E-state index in [2.05, 4.69) is 21.1 Å². The number of carbonyl (C=O) groups excluding carboxylic acids is 1. The van der Waals surface area contributed by atoms with Crippen molar-refractivity contribution in [3.63, 3.8) is 0 Å². The number of aryl methyl sites for hydroxylation is 1. The average molecular weight is 287 g/mol. The Labute approximate surface area is 122 Å². The Morgan fingerprint density at radius 1 is 1.38 bits per heavy atom. The van der Waals surface area contributed by atoms with E-state index in [0.29, 0.717) is 24.4 Å². The van der Waals surface area contributed by atoms with Crippen LogP contribution in [0.2, 0.25) is 0 Å². The molecular weight excluding hydrogens is 270 g/mol. The van der Waals surface area contributed by atoms with Crippen LogP contribution in [0.25, 0.3) is 11.0 Å². The summed E-state index contributed by atoms with van der Waals surface area (Å²) in [4.78, 5) is 23.5. The highest BCUT2D eigenvalue weighted by molar-refractivity contribution is 5.89. The molecule has 0 radical (unpaired) electrons. The summed E-state index contributed by atoms with van der Waals surface area (Å²) in [6.45, 7) is 0.708. The second kappa shape index (κ2) is 6.17. The lowest BCUT2D eigenvalue weighted by Crippen LogP contribution is -2.34. The molecule has 8 heteroatoms. The summed E-state index contributed by atoms with van der Waals surface area (Å²) in [5.74, 6) is 0.638. The van der Waals surface area contributed by atoms with Crippen LogP contribution in [0.15, 0.2) is 12.5 Å². The number of amides is 1. The van der Waals surface area contributed by atoms with Gasteiger partial charge in [-0.15, -0.1) is 0 Å². The Hall–Kier alpha value is -2.69. The minimum atomic E-state index is -0.0128. The predicted octanol–water partition coefficient (Wildman–Crippen LogP) is 0.264. The van der Waals surface area contributed by atoms with Crippen LogP contribution in [0.4, 0.5) is 5.82 Å². The van der Waals surface area contributed by atoms with E-state index in [9.17, 15) is 4.79 Å². The molecule has 0 aliphatic carbocycles. The van der Waals surface area contributed by atoms with E-state index in [1.54, 1.807) is 36.9 Å². The minimum Gasteiger partial charge on any atom is -0.350 e. The molecule has 8 nitrogen and oxygen atoms in total. The third-order valence-corrected chi connectivity index (χ3v) is 3.08. The molecule has 0 aliphatic heterocycles. The Balaban J connectivity index is 2.30. The first-order valence-corrected chi connectivity index (χ1v) is 6.49. The Morgan fingerprint density at radius 3 is 2.81 bits per heavy atom. The Bertz CT molecular complexity index is 685. The highest BCUT2D eigenvalue weighted by Gasteiger charge is 2.15. The molecule has 0 saturated heterocycles. The van der Waals surface area contributed by atoms with E-state index in [1.165, 1.54) is 11.2 Å². The zero-order valence-electron chi connectivity index (χ0n) is 12.3. The van der Waals surface area contributed by atoms with Crippen LogP contribution < -0.4 is 4.90 Å². The highest BCUT2D eigenvalue weighted by Crippen LogP contribution is 2.21. The van der Waals surface area contributed by atoms with Crippen molar-refractivity contribution in [3.8, 4) is 6.07 Å². The normalized spacial score (nSPS) is 10.4. The van der Waals surface area contributed by atoms with Gasteiger partial charge in [0.05, 0.1) is 37.2 Å². The van der Waals surface area contributed by atoms with E-state index in [-0.39, 0.29) is 12.5 Å². The van der Waals surface area contributed by atoms with Gasteiger partial charge in [-0.05, 0) is 0 Å². The lowest BCUT2D eigenvalue weighted by molar-refractivity contribution is -0.127. The van der Waals surface area contributed by atoms with Crippen molar-refractivity contribution in [2.24, 2.45) is 0 Å². The molecule has 2 aromatic rings. The zero-order valence-corrected chi connectivity index (χ0v) is 12.3. The van der Waals surface area contributed by atoms with E-state index in [1.807, 2.05) is 0 Å². The number of aromatic nitrogens is 4. The van der Waals surface area contributed by atoms with Crippen LogP contribution in [-0.2, 0) is 11.3 Å². The van der Waals surface area contributed by atoms with Gasteiger partial charge in [-0.3, -0.25) is 4.79 Å². The molecule has 2 rings (SSSR count). The first-order valence-electron chi connectivity index (χ1n) is 6.49. The number of likely N-dealkylation sites (N-methyl/N-ethyl adjacent to an activating group) is 2. The molecule has 0 saturated carbocycles. The number of carbonyl (C=O) groups is 1. The summed E-state index contributed by atoms with van der Waals surface area (Å²) in [7, 11) is 5.23. The summed E-state index contributed by atoms with van der Waals surface area (Å²) in [5.41, 5.74) is 0.666. The molecule has 0 bridgehead atoms. The van der Waals surface area contributed by atoms with Crippen molar-refractivity contribution in [3.05, 3.63) is 12.5 Å². The summed E-state index contributed by atoms with van der Waals surface area (Å²) in [6.07, 6.45) is 3.47. The number of nitriles is 1. The minimum absolute atomic E-state index is 0.0128. The molecule has 0 aliphatic rings. The molecular formula is C13H17N7O. The largest absolute Gasteiger partial charge is 0.350 e. The van der Waals surface area contributed by atoms with Crippen LogP contribution in [0.5, 0.6) is 0 Å². The van der Waals surface area contributed by atoms with E-state index in [4.69, 9.17) is 5.26 Å². The third-order valence-electron chi connectivity index (χ3n) is 3.08. The summed E-state index contributed by atoms with van der Waals surface area (Å²) < 4.78 is 1.67. The van der Waals surface area contributed by atoms with Gasteiger partial charge in [0.1, 0.15) is 12.1 Å². The first kappa shape index (κ1) is 14.7. The molecule has 0 unspecified atom stereocenters. The van der Waals surface area contributed by atoms with Gasteiger partial charge in [-0.2, -0.15) is 10.4 Å². The zero-order chi connectivity index (χ0) is 15.4. The topological polar surface area (TPSA) is 90.9 Å². The quantitative estimate of drug-likeness (QED) is 0.783. The van der Waals surface area contributed by atoms with Crippen LogP contribution in [0.1, 0.15) is 6.42 Å². The molecule has 21 heavy (non-hydrogen) atoms. The van der Waals surface area contributed by atoms with Crippen molar-refractivity contribution in [2.45, 2.75) is 13.0 Å². The molecule has 2 heterocycles. The molecule has 0 fully saturated rings. The van der Waals surface area contributed by atoms with Gasteiger partial charge in [-0.1, -0.05) is 0 Å². The molecule has 0 N–H and O–H groups in total. The van der Waals surface area contributed by atoms with Crippen LogP contribution in [-0.4, -0.2) is 58.2 Å². The fourth-order valence-electron chi connectivity index (χ4n) is 1.92. The van der Waals surface area contributed by atoms with Crippen LogP contribution >= 0.6 is 0 Å². The third kappa shape index (κ3) is 3.08. The summed E-state index contributed by atoms with van der Waals surface area (Å²) in [6, 6.07) is 2.08. The van der Waals surface area contributed by atoms with Crippen molar-refractivity contribution in [1.29, 1.82) is 5.26 Å². The smallest absolute Gasteiger partial charge is 0.241 e. The number of anilines is 1. The number of fused-ring (bicyclic) bond motifs is 1. The molecule has 110 valence electrons. The van der Waals surface area contributed by atoms with Crippen molar-refractivity contribution < 1.29 is 4.79 Å². The van der Waals surface area contributed by atoms with E-state index >= 15 is 0 Å². The van der Waals surface area contributed by atoms with Gasteiger partial charge < -0.3 is 9.80 Å². The van der Waals surface area contributed by atoms with Crippen LogP contribution in [0, 0.1) is 11.3 Å². The first-order chi connectivity index (χ1) is 10.0. The maximum absolute atomic E-state index is 11.8. The Morgan fingerprint density at radius 2 is 2.14 bits per heavy atom. The molecule has 2 aromatic heterocycles. The maximum Gasteiger partial charge on any atom is 0.241 e. The number of rotatable bonds is 5. The average Bonchev–Trinajstić information content (AvgIpc) is 2.87. The second-order valence-corrected chi connectivity index (χ2v) is 4.85. The highest BCUT2D eigenvalue weighted by atomic mass is 16.2.